The van der Waals surface area contributed by atoms with Crippen molar-refractivity contribution in [2.75, 3.05) is 13.2 Å². The maximum atomic E-state index is 12.9. The summed E-state index contributed by atoms with van der Waals surface area (Å²) >= 11 is 0. The summed E-state index contributed by atoms with van der Waals surface area (Å²) in [6.45, 7) is 6.55. The lowest BCUT2D eigenvalue weighted by Gasteiger charge is -2.18. The minimum Gasteiger partial charge on any atom is -0.462 e. The van der Waals surface area contributed by atoms with Crippen molar-refractivity contribution in [3.05, 3.63) is 48.6 Å². The van der Waals surface area contributed by atoms with Crippen LogP contribution in [0.5, 0.6) is 0 Å². The quantitative estimate of drug-likeness (QED) is 0.0261. The first-order valence-corrected chi connectivity index (χ1v) is 32.1. The monoisotopic (exact) mass is 1020 g/mol. The summed E-state index contributed by atoms with van der Waals surface area (Å²) in [5.74, 6) is -0.901. The van der Waals surface area contributed by atoms with Crippen LogP contribution in [0, 0.1) is 0 Å². The molecule has 0 aliphatic heterocycles. The molecule has 0 N–H and O–H groups in total. The molecular formula is C67H122O6. The van der Waals surface area contributed by atoms with Crippen LogP contribution in [0.25, 0.3) is 0 Å². The van der Waals surface area contributed by atoms with Crippen molar-refractivity contribution in [1.29, 1.82) is 0 Å². The van der Waals surface area contributed by atoms with Gasteiger partial charge in [-0.2, -0.15) is 0 Å². The van der Waals surface area contributed by atoms with E-state index in [1.54, 1.807) is 0 Å². The second-order valence-corrected chi connectivity index (χ2v) is 21.7. The summed E-state index contributed by atoms with van der Waals surface area (Å²) in [6.07, 6.45) is 77.0. The fourth-order valence-corrected chi connectivity index (χ4v) is 9.56. The fraction of sp³-hybridized carbons (Fsp3) is 0.836. The molecule has 0 spiro atoms. The maximum Gasteiger partial charge on any atom is 0.306 e. The van der Waals surface area contributed by atoms with Crippen LogP contribution in [0.15, 0.2) is 48.6 Å². The van der Waals surface area contributed by atoms with Crippen LogP contribution in [-0.2, 0) is 28.6 Å². The van der Waals surface area contributed by atoms with Crippen LogP contribution in [0.3, 0.4) is 0 Å². The zero-order valence-electron chi connectivity index (χ0n) is 48.9. The molecule has 0 saturated heterocycles. The largest absolute Gasteiger partial charge is 0.462 e. The predicted octanol–water partition coefficient (Wildman–Crippen LogP) is 21.8. The molecule has 73 heavy (non-hydrogen) atoms. The minimum absolute atomic E-state index is 0.0812. The molecular weight excluding hydrogens is 901 g/mol. The zero-order valence-corrected chi connectivity index (χ0v) is 48.9. The number of allylic oxidation sites excluding steroid dienone is 8. The van der Waals surface area contributed by atoms with E-state index < -0.39 is 6.10 Å². The molecule has 0 radical (unpaired) electrons. The number of ether oxygens (including phenoxy) is 3. The SMILES string of the molecule is CC/C=C\C/C=C\C/C=C\C/C=C\CCCCC(=O)OC[C@H](COC(=O)CCCCCCCCCCCCCCCCCCCCCCC)OC(=O)CCCCCCCCCCCCCCCCCCCCC. The number of hydrogen-bond acceptors (Lipinski definition) is 6. The van der Waals surface area contributed by atoms with E-state index >= 15 is 0 Å². The third kappa shape index (κ3) is 60.1. The molecule has 0 saturated carbocycles. The molecule has 0 rings (SSSR count). The minimum atomic E-state index is -0.787. The van der Waals surface area contributed by atoms with Crippen LogP contribution >= 0.6 is 0 Å². The van der Waals surface area contributed by atoms with Gasteiger partial charge < -0.3 is 14.2 Å². The van der Waals surface area contributed by atoms with Gasteiger partial charge in [0.1, 0.15) is 13.2 Å². The molecule has 0 amide bonds. The molecule has 6 nitrogen and oxygen atoms in total. The van der Waals surface area contributed by atoms with Crippen LogP contribution in [-0.4, -0.2) is 37.2 Å². The van der Waals surface area contributed by atoms with Gasteiger partial charge in [-0.3, -0.25) is 14.4 Å². The van der Waals surface area contributed by atoms with Crippen molar-refractivity contribution in [1.82, 2.24) is 0 Å². The Morgan fingerprint density at radius 2 is 0.534 bits per heavy atom. The number of rotatable bonds is 59. The van der Waals surface area contributed by atoms with E-state index in [9.17, 15) is 14.4 Å². The number of carbonyl (C=O) groups excluding carboxylic acids is 3. The number of unbranched alkanes of at least 4 members (excludes halogenated alkanes) is 40. The lowest BCUT2D eigenvalue weighted by Crippen LogP contribution is -2.30. The van der Waals surface area contributed by atoms with E-state index in [4.69, 9.17) is 14.2 Å². The van der Waals surface area contributed by atoms with E-state index in [2.05, 4.69) is 69.4 Å². The van der Waals surface area contributed by atoms with Gasteiger partial charge in [0, 0.05) is 19.3 Å². The molecule has 6 heteroatoms. The number of carbonyl (C=O) groups is 3. The third-order valence-electron chi connectivity index (χ3n) is 14.3. The van der Waals surface area contributed by atoms with E-state index in [0.717, 1.165) is 83.5 Å². The average molecular weight is 1020 g/mol. The summed E-state index contributed by atoms with van der Waals surface area (Å²) in [4.78, 5) is 38.3. The summed E-state index contributed by atoms with van der Waals surface area (Å²) in [5.41, 5.74) is 0. The Morgan fingerprint density at radius 3 is 0.836 bits per heavy atom. The Labute approximate surface area is 454 Å². The second kappa shape index (κ2) is 61.9. The lowest BCUT2D eigenvalue weighted by atomic mass is 10.0. The number of esters is 3. The van der Waals surface area contributed by atoms with Gasteiger partial charge in [-0.05, 0) is 57.8 Å². The number of hydrogen-bond donors (Lipinski definition) is 0. The van der Waals surface area contributed by atoms with Gasteiger partial charge in [-0.1, -0.05) is 313 Å². The molecule has 0 aromatic rings. The summed E-state index contributed by atoms with van der Waals surface area (Å²) in [5, 5.41) is 0. The zero-order chi connectivity index (χ0) is 52.9. The smallest absolute Gasteiger partial charge is 0.306 e. The molecule has 426 valence electrons. The van der Waals surface area contributed by atoms with Crippen molar-refractivity contribution < 1.29 is 28.6 Å². The normalized spacial score (nSPS) is 12.3. The summed E-state index contributed by atoms with van der Waals surface area (Å²) in [6, 6.07) is 0. The van der Waals surface area contributed by atoms with Crippen molar-refractivity contribution in [3.8, 4) is 0 Å². The van der Waals surface area contributed by atoms with Gasteiger partial charge in [0.25, 0.3) is 0 Å². The van der Waals surface area contributed by atoms with Gasteiger partial charge in [-0.25, -0.2) is 0 Å². The first-order chi connectivity index (χ1) is 36.0. The van der Waals surface area contributed by atoms with E-state index in [1.807, 2.05) is 0 Å². The maximum absolute atomic E-state index is 12.9. The highest BCUT2D eigenvalue weighted by Crippen LogP contribution is 2.18. The molecule has 0 unspecified atom stereocenters. The third-order valence-corrected chi connectivity index (χ3v) is 14.3. The highest BCUT2D eigenvalue weighted by Gasteiger charge is 2.19. The molecule has 0 aliphatic carbocycles. The van der Waals surface area contributed by atoms with E-state index in [0.29, 0.717) is 19.3 Å². The fourth-order valence-electron chi connectivity index (χ4n) is 9.56. The summed E-state index contributed by atoms with van der Waals surface area (Å²) in [7, 11) is 0. The van der Waals surface area contributed by atoms with Gasteiger partial charge in [-0.15, -0.1) is 0 Å². The first-order valence-electron chi connectivity index (χ1n) is 32.1. The van der Waals surface area contributed by atoms with Gasteiger partial charge in [0.15, 0.2) is 6.10 Å². The Hall–Kier alpha value is -2.63. The van der Waals surface area contributed by atoms with Crippen molar-refractivity contribution in [2.45, 2.75) is 348 Å². The first kappa shape index (κ1) is 70.4. The van der Waals surface area contributed by atoms with Crippen molar-refractivity contribution in [2.24, 2.45) is 0 Å². The average Bonchev–Trinajstić information content (AvgIpc) is 3.39. The Bertz CT molecular complexity index is 1270. The van der Waals surface area contributed by atoms with Crippen molar-refractivity contribution in [3.63, 3.8) is 0 Å². The molecule has 0 bridgehead atoms. The van der Waals surface area contributed by atoms with E-state index in [1.165, 1.54) is 218 Å². The van der Waals surface area contributed by atoms with Crippen LogP contribution in [0.4, 0.5) is 0 Å². The van der Waals surface area contributed by atoms with Gasteiger partial charge >= 0.3 is 17.9 Å². The van der Waals surface area contributed by atoms with Crippen LogP contribution in [0.2, 0.25) is 0 Å². The molecule has 0 aliphatic rings. The Morgan fingerprint density at radius 1 is 0.288 bits per heavy atom. The Kier molecular flexibility index (Phi) is 59.7. The van der Waals surface area contributed by atoms with Crippen LogP contribution < -0.4 is 0 Å². The second-order valence-electron chi connectivity index (χ2n) is 21.7. The highest BCUT2D eigenvalue weighted by molar-refractivity contribution is 5.71. The van der Waals surface area contributed by atoms with Gasteiger partial charge in [0.2, 0.25) is 0 Å². The predicted molar refractivity (Wildman–Crippen MR) is 316 cm³/mol. The molecule has 0 fully saturated rings. The van der Waals surface area contributed by atoms with Crippen molar-refractivity contribution >= 4 is 17.9 Å². The molecule has 0 aromatic heterocycles. The molecule has 1 atom stereocenters. The molecule has 0 heterocycles. The summed E-state index contributed by atoms with van der Waals surface area (Å²) < 4.78 is 16.9. The highest BCUT2D eigenvalue weighted by atomic mass is 16.6. The lowest BCUT2D eigenvalue weighted by molar-refractivity contribution is -0.167. The van der Waals surface area contributed by atoms with Gasteiger partial charge in [0.05, 0.1) is 0 Å². The van der Waals surface area contributed by atoms with E-state index in [-0.39, 0.29) is 31.1 Å². The molecule has 0 aromatic carbocycles. The Balaban J connectivity index is 4.33. The topological polar surface area (TPSA) is 78.9 Å². The standard InChI is InChI=1S/C67H122O6/c1-4-7-10-13-16-19-22-25-28-30-32-33-35-36-39-42-45-48-51-54-57-60-66(69)72-63-64(62-71-65(68)59-56-53-50-47-44-41-38-27-24-21-18-15-12-9-6-3)73-67(70)61-58-55-52-49-46-43-40-37-34-31-29-26-23-20-17-14-11-8-5-2/h9,12,18,21,27,38,44,47,64H,4-8,10-11,13-17,19-20,22-26,28-37,39-43,45-46,48-63H2,1-3H3/b12-9-,21-18-,38-27-,47-44-/t64-/m1/s1. The van der Waals surface area contributed by atoms with Crippen LogP contribution in [0.1, 0.15) is 342 Å².